The van der Waals surface area contributed by atoms with Gasteiger partial charge in [-0.3, -0.25) is 9.59 Å². The van der Waals surface area contributed by atoms with Gasteiger partial charge in [-0.1, -0.05) is 5.16 Å². The summed E-state index contributed by atoms with van der Waals surface area (Å²) in [5.41, 5.74) is 3.01. The zero-order valence-corrected chi connectivity index (χ0v) is 16.1. The highest BCUT2D eigenvalue weighted by Gasteiger charge is 2.33. The second-order valence-corrected chi connectivity index (χ2v) is 8.37. The molecule has 1 aliphatic heterocycles. The number of amides is 1. The molecule has 7 nitrogen and oxygen atoms in total. The second kappa shape index (κ2) is 6.45. The second-order valence-electron chi connectivity index (χ2n) is 6.91. The van der Waals surface area contributed by atoms with E-state index in [1.165, 1.54) is 0 Å². The third-order valence-corrected chi connectivity index (χ3v) is 5.96. The van der Waals surface area contributed by atoms with E-state index in [4.69, 9.17) is 4.52 Å². The number of nitrogens with zero attached hydrogens (tertiary/aromatic N) is 3. The molecule has 3 aromatic rings. The molecule has 1 fully saturated rings. The monoisotopic (exact) mass is 385 g/mol. The van der Waals surface area contributed by atoms with E-state index in [0.717, 1.165) is 15.3 Å². The largest absolute Gasteiger partial charge is 0.481 e. The van der Waals surface area contributed by atoms with E-state index in [-0.39, 0.29) is 12.5 Å². The number of carbonyl (C=O) groups is 2. The summed E-state index contributed by atoms with van der Waals surface area (Å²) in [6.45, 7) is 6.46. The molecular formula is C19H19N3O4S. The van der Waals surface area contributed by atoms with E-state index in [9.17, 15) is 14.7 Å². The maximum atomic E-state index is 13.2. The third-order valence-electron chi connectivity index (χ3n) is 4.99. The van der Waals surface area contributed by atoms with Crippen LogP contribution in [0.1, 0.15) is 32.2 Å². The maximum absolute atomic E-state index is 13.2. The summed E-state index contributed by atoms with van der Waals surface area (Å²) in [7, 11) is 0. The van der Waals surface area contributed by atoms with Crippen molar-refractivity contribution in [2.75, 3.05) is 13.1 Å². The molecule has 4 heterocycles. The lowest BCUT2D eigenvalue weighted by Gasteiger charge is -2.17. The SMILES string of the molecule is Cc1cc(-c2cc(C(=O)N3CC[C@@H](C(=O)O)C3)c3c(C)noc3n2)c(C)s1. The first-order chi connectivity index (χ1) is 12.8. The van der Waals surface area contributed by atoms with Gasteiger partial charge in [0.15, 0.2) is 0 Å². The number of fused-ring (bicyclic) bond motifs is 1. The molecule has 27 heavy (non-hydrogen) atoms. The van der Waals surface area contributed by atoms with Gasteiger partial charge in [-0.2, -0.15) is 0 Å². The number of pyridine rings is 1. The van der Waals surface area contributed by atoms with Crippen LogP contribution in [0.5, 0.6) is 0 Å². The molecule has 0 spiro atoms. The fourth-order valence-electron chi connectivity index (χ4n) is 3.60. The van der Waals surface area contributed by atoms with Gasteiger partial charge >= 0.3 is 5.97 Å². The van der Waals surface area contributed by atoms with Crippen LogP contribution in [0.15, 0.2) is 16.7 Å². The average molecular weight is 385 g/mol. The fraction of sp³-hybridized carbons (Fsp3) is 0.368. The number of carboxylic acid groups (broad SMARTS) is 1. The summed E-state index contributed by atoms with van der Waals surface area (Å²) in [5.74, 6) is -1.59. The number of rotatable bonds is 3. The van der Waals surface area contributed by atoms with Crippen molar-refractivity contribution in [1.29, 1.82) is 0 Å². The molecule has 0 aromatic carbocycles. The minimum atomic E-state index is -0.864. The van der Waals surface area contributed by atoms with E-state index in [1.807, 2.05) is 19.9 Å². The lowest BCUT2D eigenvalue weighted by molar-refractivity contribution is -0.141. The fourth-order valence-corrected chi connectivity index (χ4v) is 4.54. The van der Waals surface area contributed by atoms with Gasteiger partial charge in [-0.25, -0.2) is 4.98 Å². The number of carboxylic acids is 1. The van der Waals surface area contributed by atoms with Gasteiger partial charge in [-0.05, 0) is 39.3 Å². The number of carbonyl (C=O) groups excluding carboxylic acids is 1. The summed E-state index contributed by atoms with van der Waals surface area (Å²) in [6, 6.07) is 3.82. The minimum Gasteiger partial charge on any atom is -0.481 e. The topological polar surface area (TPSA) is 96.5 Å². The Kier molecular flexibility index (Phi) is 4.22. The van der Waals surface area contributed by atoms with Gasteiger partial charge in [0.2, 0.25) is 0 Å². The summed E-state index contributed by atoms with van der Waals surface area (Å²) in [6.07, 6.45) is 0.466. The van der Waals surface area contributed by atoms with E-state index in [2.05, 4.69) is 10.1 Å². The van der Waals surface area contributed by atoms with Crippen molar-refractivity contribution in [3.63, 3.8) is 0 Å². The Hall–Kier alpha value is -2.74. The Bertz CT molecular complexity index is 1070. The predicted octanol–water partition coefficient (Wildman–Crippen LogP) is 3.42. The number of thiophene rings is 1. The van der Waals surface area contributed by atoms with E-state index in [0.29, 0.717) is 41.0 Å². The summed E-state index contributed by atoms with van der Waals surface area (Å²) in [4.78, 5) is 32.9. The summed E-state index contributed by atoms with van der Waals surface area (Å²) < 4.78 is 5.35. The number of hydrogen-bond donors (Lipinski definition) is 1. The van der Waals surface area contributed by atoms with Gasteiger partial charge in [0.1, 0.15) is 0 Å². The number of likely N-dealkylation sites (tertiary alicyclic amines) is 1. The van der Waals surface area contributed by atoms with Crippen molar-refractivity contribution in [2.24, 2.45) is 5.92 Å². The molecule has 4 rings (SSSR count). The molecule has 1 aliphatic rings. The number of aliphatic carboxylic acids is 1. The van der Waals surface area contributed by atoms with Crippen molar-refractivity contribution >= 4 is 34.3 Å². The van der Waals surface area contributed by atoms with Gasteiger partial charge in [0.25, 0.3) is 11.6 Å². The number of hydrogen-bond acceptors (Lipinski definition) is 6. The summed E-state index contributed by atoms with van der Waals surface area (Å²) in [5, 5.41) is 13.8. The Balaban J connectivity index is 1.81. The highest BCUT2D eigenvalue weighted by molar-refractivity contribution is 7.12. The molecule has 1 atom stereocenters. The van der Waals surface area contributed by atoms with E-state index >= 15 is 0 Å². The Morgan fingerprint density at radius 1 is 1.30 bits per heavy atom. The van der Waals surface area contributed by atoms with Crippen LogP contribution in [0, 0.1) is 26.7 Å². The van der Waals surface area contributed by atoms with Crippen LogP contribution < -0.4 is 0 Å². The molecule has 1 N–H and O–H groups in total. The highest BCUT2D eigenvalue weighted by Crippen LogP contribution is 2.33. The quantitative estimate of drug-likeness (QED) is 0.742. The Morgan fingerprint density at radius 3 is 2.70 bits per heavy atom. The molecular weight excluding hydrogens is 366 g/mol. The van der Waals surface area contributed by atoms with Crippen LogP contribution in [0.4, 0.5) is 0 Å². The van der Waals surface area contributed by atoms with Crippen LogP contribution in [-0.2, 0) is 4.79 Å². The zero-order valence-electron chi connectivity index (χ0n) is 15.3. The van der Waals surface area contributed by atoms with Gasteiger partial charge < -0.3 is 14.5 Å². The van der Waals surface area contributed by atoms with Crippen molar-refractivity contribution in [1.82, 2.24) is 15.0 Å². The molecule has 1 amide bonds. The van der Waals surface area contributed by atoms with Crippen molar-refractivity contribution in [2.45, 2.75) is 27.2 Å². The number of aromatic nitrogens is 2. The van der Waals surface area contributed by atoms with Crippen LogP contribution in [0.2, 0.25) is 0 Å². The summed E-state index contributed by atoms with van der Waals surface area (Å²) >= 11 is 1.67. The van der Waals surface area contributed by atoms with Crippen molar-refractivity contribution in [3.05, 3.63) is 33.1 Å². The lowest BCUT2D eigenvalue weighted by Crippen LogP contribution is -2.30. The maximum Gasteiger partial charge on any atom is 0.308 e. The van der Waals surface area contributed by atoms with Gasteiger partial charge in [0.05, 0.1) is 28.3 Å². The molecule has 0 unspecified atom stereocenters. The molecule has 0 saturated carbocycles. The first kappa shape index (κ1) is 17.7. The number of aryl methyl sites for hydroxylation is 3. The Morgan fingerprint density at radius 2 is 2.07 bits per heavy atom. The minimum absolute atomic E-state index is 0.205. The molecule has 0 radical (unpaired) electrons. The highest BCUT2D eigenvalue weighted by atomic mass is 32.1. The molecule has 1 saturated heterocycles. The molecule has 0 aliphatic carbocycles. The molecule has 8 heteroatoms. The average Bonchev–Trinajstić information content (AvgIpc) is 3.33. The van der Waals surface area contributed by atoms with E-state index in [1.54, 1.807) is 29.2 Å². The molecule has 3 aromatic heterocycles. The normalized spacial score (nSPS) is 17.0. The lowest BCUT2D eigenvalue weighted by atomic mass is 10.0. The van der Waals surface area contributed by atoms with Crippen LogP contribution in [-0.4, -0.2) is 45.1 Å². The van der Waals surface area contributed by atoms with Gasteiger partial charge in [-0.15, -0.1) is 11.3 Å². The Labute approximate surface area is 159 Å². The van der Waals surface area contributed by atoms with Crippen molar-refractivity contribution in [3.8, 4) is 11.3 Å². The van der Waals surface area contributed by atoms with Crippen LogP contribution >= 0.6 is 11.3 Å². The first-order valence-corrected chi connectivity index (χ1v) is 9.53. The van der Waals surface area contributed by atoms with Crippen LogP contribution in [0.3, 0.4) is 0 Å². The van der Waals surface area contributed by atoms with Crippen LogP contribution in [0.25, 0.3) is 22.4 Å². The molecule has 140 valence electrons. The van der Waals surface area contributed by atoms with Gasteiger partial charge in [0, 0.05) is 28.4 Å². The van der Waals surface area contributed by atoms with Crippen molar-refractivity contribution < 1.29 is 19.2 Å². The van der Waals surface area contributed by atoms with E-state index < -0.39 is 11.9 Å². The predicted molar refractivity (Wildman–Crippen MR) is 101 cm³/mol. The third kappa shape index (κ3) is 2.99. The smallest absolute Gasteiger partial charge is 0.308 e. The first-order valence-electron chi connectivity index (χ1n) is 8.71. The standard InChI is InChI=1S/C19H19N3O4S/c1-9-6-13(11(3)27-9)15-7-14(16-10(2)21-26-17(16)20-15)18(23)22-5-4-12(8-22)19(24)25/h6-7,12H,4-5,8H2,1-3H3,(H,24,25)/t12-/m1/s1. The molecule has 0 bridgehead atoms. The zero-order chi connectivity index (χ0) is 19.3.